The molecule has 1 aromatic carbocycles. The molecular weight excluding hydrogens is 434 g/mol. The summed E-state index contributed by atoms with van der Waals surface area (Å²) in [6.45, 7) is 2.10. The van der Waals surface area contributed by atoms with E-state index in [0.717, 1.165) is 24.2 Å². The number of rotatable bonds is 12. The van der Waals surface area contributed by atoms with E-state index in [0.29, 0.717) is 12.8 Å². The van der Waals surface area contributed by atoms with Crippen LogP contribution in [0, 0.1) is 0 Å². The minimum atomic E-state index is -3.51. The lowest BCUT2D eigenvalue weighted by atomic mass is 10.1. The maximum Gasteiger partial charge on any atom is 0.325 e. The fourth-order valence-electron chi connectivity index (χ4n) is 3.79. The summed E-state index contributed by atoms with van der Waals surface area (Å²) in [7, 11) is -3.51. The van der Waals surface area contributed by atoms with E-state index in [9.17, 15) is 18.3 Å². The standard InChI is InChI=1S/C22H33N3O6S/c1-2-20(17-7-5-10-19(15-17)31-18-8-3-4-9-18)24-32(28,29)14-6-13-30-16-25-12-11-21(26)23-22(25)27/h5,7,10-12,15,18,20-21,24,26H,2-4,6,8-9,13-14,16H2,1H3,(H,23,27)/t20-,21?/m1/s1. The Hall–Kier alpha value is -2.14. The summed E-state index contributed by atoms with van der Waals surface area (Å²) in [5, 5.41) is 11.6. The first-order chi connectivity index (χ1) is 15.4. The number of ether oxygens (including phenoxy) is 2. The molecule has 0 spiro atoms. The van der Waals surface area contributed by atoms with Crippen LogP contribution < -0.4 is 14.8 Å². The zero-order chi connectivity index (χ0) is 23.0. The Morgan fingerprint density at radius 1 is 1.31 bits per heavy atom. The molecule has 1 aliphatic heterocycles. The molecule has 178 valence electrons. The van der Waals surface area contributed by atoms with Crippen molar-refractivity contribution in [2.75, 3.05) is 19.1 Å². The van der Waals surface area contributed by atoms with Gasteiger partial charge in [-0.1, -0.05) is 19.1 Å². The quantitative estimate of drug-likeness (QED) is 0.407. The molecule has 3 rings (SSSR count). The highest BCUT2D eigenvalue weighted by molar-refractivity contribution is 7.89. The van der Waals surface area contributed by atoms with Crippen molar-refractivity contribution in [1.29, 1.82) is 0 Å². The summed E-state index contributed by atoms with van der Waals surface area (Å²) < 4.78 is 39.4. The molecule has 1 aliphatic carbocycles. The Balaban J connectivity index is 1.44. The van der Waals surface area contributed by atoms with Crippen LogP contribution in [-0.4, -0.2) is 55.9 Å². The van der Waals surface area contributed by atoms with E-state index in [4.69, 9.17) is 9.47 Å². The number of urea groups is 1. The lowest BCUT2D eigenvalue weighted by molar-refractivity contribution is 0.0587. The summed E-state index contributed by atoms with van der Waals surface area (Å²) in [5.41, 5.74) is 0.882. The van der Waals surface area contributed by atoms with Crippen LogP contribution >= 0.6 is 0 Å². The minimum Gasteiger partial charge on any atom is -0.490 e. The number of carbonyl (C=O) groups excluding carboxylic acids is 1. The molecule has 0 aromatic heterocycles. The molecular formula is C22H33N3O6S. The van der Waals surface area contributed by atoms with Crippen molar-refractivity contribution in [2.24, 2.45) is 0 Å². The van der Waals surface area contributed by atoms with Crippen LogP contribution in [0.15, 0.2) is 36.5 Å². The van der Waals surface area contributed by atoms with Crippen molar-refractivity contribution in [2.45, 2.75) is 63.8 Å². The van der Waals surface area contributed by atoms with Crippen molar-refractivity contribution in [3.63, 3.8) is 0 Å². The molecule has 1 unspecified atom stereocenters. The van der Waals surface area contributed by atoms with Gasteiger partial charge in [0.1, 0.15) is 18.7 Å². The summed E-state index contributed by atoms with van der Waals surface area (Å²) in [5.74, 6) is 0.700. The maximum atomic E-state index is 12.6. The SMILES string of the molecule is CC[C@@H](NS(=O)(=O)CCCOCN1C=CC(O)NC1=O)c1cccc(OC2CCCC2)c1. The lowest BCUT2D eigenvalue weighted by Crippen LogP contribution is -2.46. The highest BCUT2D eigenvalue weighted by Gasteiger charge is 2.21. The maximum absolute atomic E-state index is 12.6. The van der Waals surface area contributed by atoms with Gasteiger partial charge < -0.3 is 19.9 Å². The van der Waals surface area contributed by atoms with Crippen LogP contribution in [0.4, 0.5) is 4.79 Å². The van der Waals surface area contributed by atoms with Gasteiger partial charge in [0.15, 0.2) is 0 Å². The molecule has 0 radical (unpaired) electrons. The number of nitrogens with one attached hydrogen (secondary N) is 2. The van der Waals surface area contributed by atoms with Gasteiger partial charge in [0.05, 0.1) is 11.9 Å². The third-order valence-electron chi connectivity index (χ3n) is 5.51. The monoisotopic (exact) mass is 467 g/mol. The topological polar surface area (TPSA) is 117 Å². The smallest absolute Gasteiger partial charge is 0.325 e. The molecule has 32 heavy (non-hydrogen) atoms. The summed E-state index contributed by atoms with van der Waals surface area (Å²) in [6, 6.07) is 6.84. The molecule has 0 bridgehead atoms. The second kappa shape index (κ2) is 11.6. The van der Waals surface area contributed by atoms with Gasteiger partial charge in [0.25, 0.3) is 0 Å². The number of hydrogen-bond donors (Lipinski definition) is 3. The van der Waals surface area contributed by atoms with Crippen LogP contribution in [0.3, 0.4) is 0 Å². The first-order valence-corrected chi connectivity index (χ1v) is 12.8. The molecule has 10 heteroatoms. The average molecular weight is 468 g/mol. The Labute approximate surface area is 189 Å². The highest BCUT2D eigenvalue weighted by Crippen LogP contribution is 2.27. The Morgan fingerprint density at radius 3 is 2.81 bits per heavy atom. The average Bonchev–Trinajstić information content (AvgIpc) is 3.26. The van der Waals surface area contributed by atoms with Crippen molar-refractivity contribution in [3.05, 3.63) is 42.1 Å². The third-order valence-corrected chi connectivity index (χ3v) is 6.98. The number of amides is 2. The predicted molar refractivity (Wildman–Crippen MR) is 120 cm³/mol. The molecule has 2 amide bonds. The van der Waals surface area contributed by atoms with Gasteiger partial charge >= 0.3 is 6.03 Å². The number of benzene rings is 1. The van der Waals surface area contributed by atoms with Crippen LogP contribution in [0.1, 0.15) is 57.1 Å². The van der Waals surface area contributed by atoms with Gasteiger partial charge in [-0.15, -0.1) is 0 Å². The van der Waals surface area contributed by atoms with E-state index in [1.54, 1.807) is 0 Å². The second-order valence-electron chi connectivity index (χ2n) is 8.09. The van der Waals surface area contributed by atoms with Gasteiger partial charge in [-0.05, 0) is 62.3 Å². The molecule has 1 saturated carbocycles. The van der Waals surface area contributed by atoms with Gasteiger partial charge in [-0.3, -0.25) is 4.90 Å². The molecule has 3 N–H and O–H groups in total. The zero-order valence-corrected chi connectivity index (χ0v) is 19.2. The summed E-state index contributed by atoms with van der Waals surface area (Å²) >= 11 is 0. The van der Waals surface area contributed by atoms with E-state index in [1.807, 2.05) is 31.2 Å². The second-order valence-corrected chi connectivity index (χ2v) is 9.96. The molecule has 1 aromatic rings. The highest BCUT2D eigenvalue weighted by atomic mass is 32.2. The van der Waals surface area contributed by atoms with Crippen molar-refractivity contribution >= 4 is 16.1 Å². The van der Waals surface area contributed by atoms with Crippen LogP contribution in [-0.2, 0) is 14.8 Å². The Morgan fingerprint density at radius 2 is 2.09 bits per heavy atom. The first kappa shape index (κ1) is 24.5. The number of hydrogen-bond acceptors (Lipinski definition) is 6. The van der Waals surface area contributed by atoms with Crippen molar-refractivity contribution in [3.8, 4) is 5.75 Å². The van der Waals surface area contributed by atoms with Crippen molar-refractivity contribution < 1.29 is 27.8 Å². The van der Waals surface area contributed by atoms with Gasteiger partial charge in [-0.2, -0.15) is 0 Å². The lowest BCUT2D eigenvalue weighted by Gasteiger charge is -2.24. The predicted octanol–water partition coefficient (Wildman–Crippen LogP) is 2.60. The minimum absolute atomic E-state index is 0.0199. The Bertz CT molecular complexity index is 885. The first-order valence-electron chi connectivity index (χ1n) is 11.1. The summed E-state index contributed by atoms with van der Waals surface area (Å²) in [6.07, 6.45) is 7.51. The van der Waals surface area contributed by atoms with E-state index in [-0.39, 0.29) is 31.2 Å². The molecule has 0 saturated heterocycles. The van der Waals surface area contributed by atoms with Crippen molar-refractivity contribution in [1.82, 2.24) is 14.9 Å². The molecule has 1 fully saturated rings. The van der Waals surface area contributed by atoms with E-state index in [1.165, 1.54) is 30.0 Å². The van der Waals surface area contributed by atoms with Gasteiger partial charge in [-0.25, -0.2) is 17.9 Å². The van der Waals surface area contributed by atoms with E-state index in [2.05, 4.69) is 10.0 Å². The molecule has 9 nitrogen and oxygen atoms in total. The van der Waals surface area contributed by atoms with Gasteiger partial charge in [0.2, 0.25) is 10.0 Å². The fourth-order valence-corrected chi connectivity index (χ4v) is 5.14. The third kappa shape index (κ3) is 7.47. The van der Waals surface area contributed by atoms with Crippen LogP contribution in [0.2, 0.25) is 0 Å². The zero-order valence-electron chi connectivity index (χ0n) is 18.4. The van der Waals surface area contributed by atoms with Crippen LogP contribution in [0.25, 0.3) is 0 Å². The van der Waals surface area contributed by atoms with E-state index >= 15 is 0 Å². The number of carbonyl (C=O) groups is 1. The number of aliphatic hydroxyl groups excluding tert-OH is 1. The van der Waals surface area contributed by atoms with E-state index < -0.39 is 22.3 Å². The molecule has 2 atom stereocenters. The number of aliphatic hydroxyl groups is 1. The molecule has 2 aliphatic rings. The fraction of sp³-hybridized carbons (Fsp3) is 0.591. The largest absolute Gasteiger partial charge is 0.490 e. The normalized spacial score (nSPS) is 20.4. The Kier molecular flexibility index (Phi) is 8.92. The van der Waals surface area contributed by atoms with Crippen LogP contribution in [0.5, 0.6) is 5.75 Å². The number of nitrogens with zero attached hydrogens (tertiary/aromatic N) is 1. The van der Waals surface area contributed by atoms with Gasteiger partial charge in [0, 0.05) is 18.8 Å². The number of sulfonamides is 1. The molecule has 1 heterocycles. The summed E-state index contributed by atoms with van der Waals surface area (Å²) in [4.78, 5) is 12.9.